The van der Waals surface area contributed by atoms with Gasteiger partial charge in [0, 0.05) is 19.5 Å². The number of carbonyl (C=O) groups excluding carboxylic acids is 1. The average Bonchev–Trinajstić information content (AvgIpc) is 3.22. The average molecular weight is 635 g/mol. The van der Waals surface area contributed by atoms with Crippen molar-refractivity contribution >= 4 is 27.7 Å². The van der Waals surface area contributed by atoms with Gasteiger partial charge in [-0.15, -0.1) is 0 Å². The Hall–Kier alpha value is -2.51. The fraction of sp³-hybridized carbons (Fsp3) is 0.520. The number of ether oxygens (including phenoxy) is 1. The highest BCUT2D eigenvalue weighted by atomic mass is 79.9. The van der Waals surface area contributed by atoms with E-state index < -0.39 is 65.2 Å². The molecule has 0 radical (unpaired) electrons. The Labute approximate surface area is 226 Å². The summed E-state index contributed by atoms with van der Waals surface area (Å²) in [4.78, 5) is 17.4. The summed E-state index contributed by atoms with van der Waals surface area (Å²) in [6, 6.07) is 2.98. The number of aryl methyl sites for hydroxylation is 1. The lowest BCUT2D eigenvalue weighted by atomic mass is 9.77. The highest BCUT2D eigenvalue weighted by molar-refractivity contribution is 9.10. The van der Waals surface area contributed by atoms with Gasteiger partial charge in [0.05, 0.1) is 11.1 Å². The molecular weight excluding hydrogens is 611 g/mol. The molecule has 0 saturated carbocycles. The van der Waals surface area contributed by atoms with Crippen LogP contribution in [0.15, 0.2) is 34.9 Å². The van der Waals surface area contributed by atoms with Crippen LogP contribution in [0.25, 0.3) is 0 Å². The highest BCUT2D eigenvalue weighted by Gasteiger charge is 2.60. The smallest absolute Gasteiger partial charge is 0.416 e. The molecule has 1 fully saturated rings. The Morgan fingerprint density at radius 3 is 2.00 bits per heavy atom. The van der Waals surface area contributed by atoms with Crippen molar-refractivity contribution in [2.24, 2.45) is 0 Å². The van der Waals surface area contributed by atoms with Crippen molar-refractivity contribution in [1.82, 2.24) is 4.98 Å². The second-order valence-corrected chi connectivity index (χ2v) is 11.0. The van der Waals surface area contributed by atoms with Crippen molar-refractivity contribution in [1.29, 1.82) is 0 Å². The van der Waals surface area contributed by atoms with Crippen LogP contribution < -0.4 is 4.90 Å². The molecule has 14 heteroatoms. The number of halogens is 10. The molecule has 2 heterocycles. The summed E-state index contributed by atoms with van der Waals surface area (Å²) in [6.45, 7) is 3.85. The maximum atomic E-state index is 14.4. The molecule has 4 nitrogen and oxygen atoms in total. The molecule has 1 aromatic heterocycles. The van der Waals surface area contributed by atoms with Gasteiger partial charge in [0.15, 0.2) is 0 Å². The highest BCUT2D eigenvalue weighted by Crippen LogP contribution is 2.50. The first-order valence-corrected chi connectivity index (χ1v) is 12.4. The predicted molar refractivity (Wildman–Crippen MR) is 127 cm³/mol. The SMILES string of the molecule is CC(C)(C)OC(=O)CCc1ccc(N2CCC(c3cc(C(F)(F)F)cc(C(F)(F)F)c3)(C(F)(F)F)C2)nc1Br. The molecule has 1 aromatic carbocycles. The molecule has 0 N–H and O–H groups in total. The minimum absolute atomic E-state index is 0.00881. The fourth-order valence-corrected chi connectivity index (χ4v) is 4.82. The molecule has 2 aromatic rings. The number of pyridine rings is 1. The van der Waals surface area contributed by atoms with Crippen LogP contribution in [0.4, 0.5) is 45.3 Å². The van der Waals surface area contributed by atoms with E-state index in [4.69, 9.17) is 4.74 Å². The fourth-order valence-electron chi connectivity index (χ4n) is 4.31. The van der Waals surface area contributed by atoms with E-state index in [1.807, 2.05) is 0 Å². The Balaban J connectivity index is 1.93. The summed E-state index contributed by atoms with van der Waals surface area (Å²) in [5, 5.41) is 0. The van der Waals surface area contributed by atoms with Gasteiger partial charge < -0.3 is 9.64 Å². The number of nitrogens with zero attached hydrogens (tertiary/aromatic N) is 2. The summed E-state index contributed by atoms with van der Waals surface area (Å²) in [5.74, 6) is -0.427. The van der Waals surface area contributed by atoms with Crippen molar-refractivity contribution in [2.75, 3.05) is 18.0 Å². The minimum atomic E-state index is -5.29. The van der Waals surface area contributed by atoms with Crippen LogP contribution in [0.5, 0.6) is 0 Å². The van der Waals surface area contributed by atoms with E-state index in [1.54, 1.807) is 20.8 Å². The maximum absolute atomic E-state index is 14.4. The van der Waals surface area contributed by atoms with Crippen LogP contribution in [0.1, 0.15) is 55.9 Å². The van der Waals surface area contributed by atoms with E-state index in [0.717, 1.165) is 4.90 Å². The summed E-state index contributed by atoms with van der Waals surface area (Å²) in [6.07, 6.45) is -16.3. The first-order valence-electron chi connectivity index (χ1n) is 11.6. The van der Waals surface area contributed by atoms with E-state index in [0.29, 0.717) is 5.56 Å². The number of benzene rings is 1. The quantitative estimate of drug-likeness (QED) is 0.191. The van der Waals surface area contributed by atoms with Gasteiger partial charge in [0.25, 0.3) is 0 Å². The van der Waals surface area contributed by atoms with E-state index in [9.17, 15) is 44.3 Å². The predicted octanol–water partition coefficient (Wildman–Crippen LogP) is 7.87. The monoisotopic (exact) mass is 634 g/mol. The third kappa shape index (κ3) is 7.17. The van der Waals surface area contributed by atoms with E-state index in [2.05, 4.69) is 20.9 Å². The molecule has 1 aliphatic rings. The van der Waals surface area contributed by atoms with Gasteiger partial charge >= 0.3 is 24.5 Å². The zero-order chi connectivity index (χ0) is 29.6. The first kappa shape index (κ1) is 31.0. The number of aromatic nitrogens is 1. The molecule has 1 saturated heterocycles. The van der Waals surface area contributed by atoms with E-state index in [-0.39, 0.29) is 48.0 Å². The van der Waals surface area contributed by atoms with Gasteiger partial charge in [-0.1, -0.05) is 6.07 Å². The molecule has 0 amide bonds. The number of hydrogen-bond acceptors (Lipinski definition) is 4. The summed E-state index contributed by atoms with van der Waals surface area (Å²) in [7, 11) is 0. The third-order valence-corrected chi connectivity index (χ3v) is 6.89. The summed E-state index contributed by atoms with van der Waals surface area (Å²) >= 11 is 3.22. The Bertz CT molecular complexity index is 1190. The van der Waals surface area contributed by atoms with Crippen molar-refractivity contribution < 1.29 is 49.0 Å². The molecule has 3 rings (SSSR count). The van der Waals surface area contributed by atoms with Gasteiger partial charge in [0.2, 0.25) is 0 Å². The third-order valence-electron chi connectivity index (χ3n) is 6.21. The van der Waals surface area contributed by atoms with Gasteiger partial charge in [-0.3, -0.25) is 4.79 Å². The van der Waals surface area contributed by atoms with Crippen LogP contribution in [0.3, 0.4) is 0 Å². The Morgan fingerprint density at radius 2 is 1.54 bits per heavy atom. The number of alkyl halides is 9. The number of anilines is 1. The minimum Gasteiger partial charge on any atom is -0.460 e. The molecule has 0 spiro atoms. The van der Waals surface area contributed by atoms with Gasteiger partial charge in [-0.05, 0) is 84.9 Å². The molecule has 1 aliphatic heterocycles. The second kappa shape index (κ2) is 10.5. The van der Waals surface area contributed by atoms with Crippen LogP contribution in [0.2, 0.25) is 0 Å². The molecule has 0 bridgehead atoms. The molecule has 1 atom stereocenters. The molecule has 216 valence electrons. The lowest BCUT2D eigenvalue weighted by Gasteiger charge is -2.33. The molecule has 39 heavy (non-hydrogen) atoms. The zero-order valence-electron chi connectivity index (χ0n) is 20.9. The number of hydrogen-bond donors (Lipinski definition) is 0. The van der Waals surface area contributed by atoms with E-state index >= 15 is 0 Å². The summed E-state index contributed by atoms with van der Waals surface area (Å²) < 4.78 is 129. The number of rotatable bonds is 5. The lowest BCUT2D eigenvalue weighted by Crippen LogP contribution is -2.45. The standard InChI is InChI=1S/C25H24BrF9N2O2/c1-21(2,3)39-19(38)7-5-14-4-6-18(36-20(14)26)37-9-8-22(13-37,25(33,34)35)15-10-16(23(27,28)29)12-17(11-15)24(30,31)32/h4,6,10-12H,5,7-9,13H2,1-3H3. The van der Waals surface area contributed by atoms with Crippen molar-refractivity contribution in [3.8, 4) is 0 Å². The van der Waals surface area contributed by atoms with Crippen LogP contribution in [-0.2, 0) is 33.7 Å². The van der Waals surface area contributed by atoms with Gasteiger partial charge in [-0.2, -0.15) is 39.5 Å². The topological polar surface area (TPSA) is 42.4 Å². The van der Waals surface area contributed by atoms with Gasteiger partial charge in [-0.25, -0.2) is 4.98 Å². The summed E-state index contributed by atoms with van der Waals surface area (Å²) in [5.41, 5.74) is -7.88. The van der Waals surface area contributed by atoms with Crippen molar-refractivity contribution in [3.05, 3.63) is 57.2 Å². The van der Waals surface area contributed by atoms with Gasteiger partial charge in [0.1, 0.15) is 21.4 Å². The number of carbonyl (C=O) groups is 1. The largest absolute Gasteiger partial charge is 0.460 e. The van der Waals surface area contributed by atoms with E-state index in [1.165, 1.54) is 12.1 Å². The number of esters is 1. The molecule has 1 unspecified atom stereocenters. The van der Waals surface area contributed by atoms with Crippen LogP contribution >= 0.6 is 15.9 Å². The van der Waals surface area contributed by atoms with Crippen LogP contribution in [0, 0.1) is 0 Å². The zero-order valence-corrected chi connectivity index (χ0v) is 22.5. The lowest BCUT2D eigenvalue weighted by molar-refractivity contribution is -0.185. The molecular formula is C25H24BrF9N2O2. The second-order valence-electron chi connectivity index (χ2n) is 10.3. The van der Waals surface area contributed by atoms with Crippen molar-refractivity contribution in [2.45, 2.75) is 69.6 Å². The van der Waals surface area contributed by atoms with Crippen LogP contribution in [-0.4, -0.2) is 35.8 Å². The Morgan fingerprint density at radius 1 is 0.974 bits per heavy atom. The normalized spacial score (nSPS) is 18.9. The van der Waals surface area contributed by atoms with Crippen molar-refractivity contribution in [3.63, 3.8) is 0 Å². The maximum Gasteiger partial charge on any atom is 0.416 e. The Kier molecular flexibility index (Phi) is 8.33. The first-order chi connectivity index (χ1) is 17.6. The molecule has 0 aliphatic carbocycles.